The van der Waals surface area contributed by atoms with Gasteiger partial charge < -0.3 is 10.2 Å². The minimum Gasteiger partial charge on any atom is -0.409 e. The monoisotopic (exact) mass is 209 g/mol. The van der Waals surface area contributed by atoms with Crippen molar-refractivity contribution in [3.63, 3.8) is 0 Å². The Balaban J connectivity index is 2.64. The maximum absolute atomic E-state index is 5.99. The summed E-state index contributed by atoms with van der Waals surface area (Å²) in [5, 5.41) is 0. The van der Waals surface area contributed by atoms with Crippen molar-refractivity contribution in [2.75, 3.05) is 6.17 Å². The second-order valence-electron chi connectivity index (χ2n) is 4.13. The predicted molar refractivity (Wildman–Crippen MR) is 62.5 cm³/mol. The largest absolute Gasteiger partial charge is 0.409 e. The van der Waals surface area contributed by atoms with Gasteiger partial charge >= 0.3 is 0 Å². The van der Waals surface area contributed by atoms with Gasteiger partial charge in [0.1, 0.15) is 0 Å². The van der Waals surface area contributed by atoms with Crippen LogP contribution in [0.2, 0.25) is 13.1 Å². The van der Waals surface area contributed by atoms with E-state index < -0.39 is 8.32 Å². The van der Waals surface area contributed by atoms with Crippen LogP contribution in [0, 0.1) is 0 Å². The third kappa shape index (κ3) is 3.25. The molecule has 1 atom stereocenters. The minimum atomic E-state index is -1.65. The maximum Gasteiger partial charge on any atom is 0.200 e. The van der Waals surface area contributed by atoms with Gasteiger partial charge in [-0.2, -0.15) is 0 Å². The molecule has 0 aliphatic heterocycles. The first kappa shape index (κ1) is 11.4. The molecule has 0 aliphatic rings. The lowest BCUT2D eigenvalue weighted by Crippen LogP contribution is -2.40. The van der Waals surface area contributed by atoms with Crippen molar-refractivity contribution in [3.8, 4) is 0 Å². The summed E-state index contributed by atoms with van der Waals surface area (Å²) < 4.78 is 5.99. The topological polar surface area (TPSA) is 35.2 Å². The van der Waals surface area contributed by atoms with Gasteiger partial charge in [0.05, 0.1) is 6.10 Å². The van der Waals surface area contributed by atoms with Crippen LogP contribution in [0.25, 0.3) is 0 Å². The van der Waals surface area contributed by atoms with Gasteiger partial charge in [-0.3, -0.25) is 0 Å². The van der Waals surface area contributed by atoms with Gasteiger partial charge in [0.2, 0.25) is 8.32 Å². The van der Waals surface area contributed by atoms with Crippen LogP contribution in [-0.2, 0) is 4.43 Å². The summed E-state index contributed by atoms with van der Waals surface area (Å²) in [7, 11) is -1.65. The average Bonchev–Trinajstić information content (AvgIpc) is 2.19. The Morgan fingerprint density at radius 3 is 2.36 bits per heavy atom. The van der Waals surface area contributed by atoms with Crippen molar-refractivity contribution in [2.45, 2.75) is 26.1 Å². The van der Waals surface area contributed by atoms with Gasteiger partial charge in [-0.15, -0.1) is 0 Å². The van der Waals surface area contributed by atoms with Gasteiger partial charge in [-0.05, 0) is 25.6 Å². The molecule has 1 rings (SSSR count). The van der Waals surface area contributed by atoms with Gasteiger partial charge in [0.25, 0.3) is 0 Å². The Morgan fingerprint density at radius 2 is 1.86 bits per heavy atom. The highest BCUT2D eigenvalue weighted by molar-refractivity contribution is 6.71. The lowest BCUT2D eigenvalue weighted by Gasteiger charge is -2.26. The fourth-order valence-corrected chi connectivity index (χ4v) is 2.51. The van der Waals surface area contributed by atoms with Gasteiger partial charge in [0, 0.05) is 6.17 Å². The zero-order valence-corrected chi connectivity index (χ0v) is 10.2. The van der Waals surface area contributed by atoms with E-state index in [9.17, 15) is 0 Å². The molecule has 0 saturated carbocycles. The summed E-state index contributed by atoms with van der Waals surface area (Å²) in [5.41, 5.74) is 6.89. The Labute approximate surface area is 87.2 Å². The summed E-state index contributed by atoms with van der Waals surface area (Å²) >= 11 is 0. The molecule has 2 N–H and O–H groups in total. The van der Waals surface area contributed by atoms with Crippen molar-refractivity contribution in [2.24, 2.45) is 5.73 Å². The molecule has 0 radical (unpaired) electrons. The van der Waals surface area contributed by atoms with Crippen LogP contribution in [0.15, 0.2) is 30.3 Å². The highest BCUT2D eigenvalue weighted by Crippen LogP contribution is 2.20. The Kier molecular flexibility index (Phi) is 3.86. The molecule has 0 aromatic heterocycles. The van der Waals surface area contributed by atoms with Crippen LogP contribution in [0.1, 0.15) is 18.6 Å². The van der Waals surface area contributed by atoms with Crippen LogP contribution in [0.5, 0.6) is 0 Å². The summed E-state index contributed by atoms with van der Waals surface area (Å²) in [5.74, 6) is 0. The lowest BCUT2D eigenvalue weighted by atomic mass is 10.1. The molecule has 0 heterocycles. The van der Waals surface area contributed by atoms with E-state index in [1.807, 2.05) is 18.2 Å². The number of nitrogens with two attached hydrogens (primary N) is 1. The van der Waals surface area contributed by atoms with E-state index in [0.29, 0.717) is 6.17 Å². The van der Waals surface area contributed by atoms with Crippen molar-refractivity contribution in [1.82, 2.24) is 0 Å². The molecular formula is C11H19NOSi. The molecule has 0 bridgehead atoms. The molecule has 1 unspecified atom stereocenters. The van der Waals surface area contributed by atoms with E-state index in [4.69, 9.17) is 10.2 Å². The maximum atomic E-state index is 5.99. The van der Waals surface area contributed by atoms with Crippen molar-refractivity contribution < 1.29 is 4.43 Å². The quantitative estimate of drug-likeness (QED) is 0.773. The van der Waals surface area contributed by atoms with Crippen LogP contribution in [-0.4, -0.2) is 14.5 Å². The van der Waals surface area contributed by atoms with Crippen LogP contribution in [0.4, 0.5) is 0 Å². The van der Waals surface area contributed by atoms with E-state index in [0.717, 1.165) is 0 Å². The van der Waals surface area contributed by atoms with E-state index >= 15 is 0 Å². The first-order chi connectivity index (χ1) is 6.55. The van der Waals surface area contributed by atoms with Gasteiger partial charge in [-0.1, -0.05) is 30.3 Å². The fraction of sp³-hybridized carbons (Fsp3) is 0.455. The SMILES string of the molecule is CC(O[Si](C)(C)CN)c1ccccc1. The molecular weight excluding hydrogens is 190 g/mol. The molecule has 0 fully saturated rings. The van der Waals surface area contributed by atoms with Crippen molar-refractivity contribution in [1.29, 1.82) is 0 Å². The number of hydrogen-bond donors (Lipinski definition) is 1. The first-order valence-electron chi connectivity index (χ1n) is 4.98. The average molecular weight is 209 g/mol. The first-order valence-corrected chi connectivity index (χ1v) is 8.09. The summed E-state index contributed by atoms with van der Waals surface area (Å²) in [6.07, 6.45) is 0.825. The van der Waals surface area contributed by atoms with E-state index in [-0.39, 0.29) is 6.10 Å². The molecule has 2 nitrogen and oxygen atoms in total. The number of rotatable bonds is 4. The van der Waals surface area contributed by atoms with Gasteiger partial charge in [0.15, 0.2) is 0 Å². The molecule has 14 heavy (non-hydrogen) atoms. The zero-order valence-electron chi connectivity index (χ0n) is 9.16. The summed E-state index contributed by atoms with van der Waals surface area (Å²) in [6.45, 7) is 6.37. The molecule has 0 saturated heterocycles. The van der Waals surface area contributed by atoms with E-state index in [2.05, 4.69) is 32.2 Å². The lowest BCUT2D eigenvalue weighted by molar-refractivity contribution is 0.216. The number of benzene rings is 1. The normalized spacial score (nSPS) is 14.0. The van der Waals surface area contributed by atoms with E-state index in [1.165, 1.54) is 5.56 Å². The Hall–Kier alpha value is -0.643. The highest BCUT2D eigenvalue weighted by atomic mass is 28.4. The van der Waals surface area contributed by atoms with Crippen LogP contribution < -0.4 is 5.73 Å². The minimum absolute atomic E-state index is 0.154. The second-order valence-corrected chi connectivity index (χ2v) is 8.30. The molecule has 78 valence electrons. The third-order valence-corrected chi connectivity index (χ3v) is 4.23. The third-order valence-electron chi connectivity index (χ3n) is 2.26. The predicted octanol–water partition coefficient (Wildman–Crippen LogP) is 2.47. The second kappa shape index (κ2) is 4.73. The van der Waals surface area contributed by atoms with Gasteiger partial charge in [-0.25, -0.2) is 0 Å². The Bertz CT molecular complexity index is 274. The summed E-state index contributed by atoms with van der Waals surface area (Å²) in [4.78, 5) is 0. The standard InChI is InChI=1S/C11H19NOSi/c1-10(13-14(2,3)9-12)11-7-5-4-6-8-11/h4-8,10H,9,12H2,1-3H3. The van der Waals surface area contributed by atoms with Crippen molar-refractivity contribution in [3.05, 3.63) is 35.9 Å². The molecule has 1 aromatic carbocycles. The zero-order chi connectivity index (χ0) is 10.6. The van der Waals surface area contributed by atoms with E-state index in [1.54, 1.807) is 0 Å². The molecule has 0 amide bonds. The van der Waals surface area contributed by atoms with Crippen LogP contribution >= 0.6 is 0 Å². The molecule has 0 aliphatic carbocycles. The van der Waals surface area contributed by atoms with Crippen LogP contribution in [0.3, 0.4) is 0 Å². The van der Waals surface area contributed by atoms with Crippen molar-refractivity contribution >= 4 is 8.32 Å². The molecule has 3 heteroatoms. The fourth-order valence-electron chi connectivity index (χ4n) is 1.32. The highest BCUT2D eigenvalue weighted by Gasteiger charge is 2.23. The Morgan fingerprint density at radius 1 is 1.29 bits per heavy atom. The molecule has 0 spiro atoms. The number of hydrogen-bond acceptors (Lipinski definition) is 2. The molecule has 1 aromatic rings. The smallest absolute Gasteiger partial charge is 0.200 e. The summed E-state index contributed by atoms with van der Waals surface area (Å²) in [6, 6.07) is 10.3.